The summed E-state index contributed by atoms with van der Waals surface area (Å²) in [6, 6.07) is 11.5. The Morgan fingerprint density at radius 2 is 1.93 bits per heavy atom. The Morgan fingerprint density at radius 1 is 1.17 bits per heavy atom. The molecule has 6 heteroatoms. The first-order valence-corrected chi connectivity index (χ1v) is 10.9. The van der Waals surface area contributed by atoms with Crippen LogP contribution in [0.2, 0.25) is 0 Å². The number of carbonyl (C=O) groups is 2. The molecule has 0 unspecified atom stereocenters. The molecule has 1 N–H and O–H groups in total. The van der Waals surface area contributed by atoms with Crippen molar-refractivity contribution in [1.29, 1.82) is 0 Å². The van der Waals surface area contributed by atoms with Gasteiger partial charge < -0.3 is 10.1 Å². The van der Waals surface area contributed by atoms with Crippen LogP contribution in [0.5, 0.6) is 0 Å². The molecular weight excluding hydrogens is 378 g/mol. The van der Waals surface area contributed by atoms with Gasteiger partial charge in [0.05, 0.1) is 11.4 Å². The van der Waals surface area contributed by atoms with Crippen LogP contribution in [0.4, 0.5) is 5.82 Å². The van der Waals surface area contributed by atoms with Crippen molar-refractivity contribution >= 4 is 17.7 Å². The number of ether oxygens (including phenoxy) is 1. The molecule has 1 heterocycles. The van der Waals surface area contributed by atoms with Gasteiger partial charge in [-0.25, -0.2) is 4.68 Å². The lowest BCUT2D eigenvalue weighted by Gasteiger charge is -2.20. The second-order valence-corrected chi connectivity index (χ2v) is 9.76. The number of benzene rings is 1. The van der Waals surface area contributed by atoms with Gasteiger partial charge in [-0.1, -0.05) is 45.4 Å². The van der Waals surface area contributed by atoms with Crippen LogP contribution in [0.25, 0.3) is 5.69 Å². The molecule has 1 aromatic heterocycles. The number of carbonyl (C=O) groups excluding carboxylic acids is 2. The summed E-state index contributed by atoms with van der Waals surface area (Å²) in [7, 11) is 0. The maximum atomic E-state index is 12.5. The van der Waals surface area contributed by atoms with E-state index in [1.165, 1.54) is 19.3 Å². The normalized spacial score (nSPS) is 22.8. The lowest BCUT2D eigenvalue weighted by Crippen LogP contribution is -2.24. The number of nitrogens with one attached hydrogen (secondary N) is 1. The fourth-order valence-corrected chi connectivity index (χ4v) is 4.83. The van der Waals surface area contributed by atoms with Gasteiger partial charge in [0, 0.05) is 17.9 Å². The van der Waals surface area contributed by atoms with Crippen LogP contribution in [-0.4, -0.2) is 28.3 Å². The molecular formula is C24H31N3O3. The molecule has 2 aromatic rings. The molecule has 0 aliphatic heterocycles. The minimum Gasteiger partial charge on any atom is -0.456 e. The van der Waals surface area contributed by atoms with Gasteiger partial charge in [0.25, 0.3) is 5.91 Å². The van der Waals surface area contributed by atoms with Crippen molar-refractivity contribution in [3.63, 3.8) is 0 Å². The molecule has 3 atom stereocenters. The highest BCUT2D eigenvalue weighted by Crippen LogP contribution is 2.49. The number of esters is 1. The van der Waals surface area contributed by atoms with Crippen molar-refractivity contribution < 1.29 is 14.3 Å². The van der Waals surface area contributed by atoms with Crippen molar-refractivity contribution in [2.45, 2.75) is 58.3 Å². The molecule has 1 amide bonds. The molecule has 0 radical (unpaired) electrons. The van der Waals surface area contributed by atoms with E-state index in [1.807, 2.05) is 36.4 Å². The predicted octanol–water partition coefficient (Wildman–Crippen LogP) is 4.48. The summed E-state index contributed by atoms with van der Waals surface area (Å²) in [5.41, 5.74) is 1.57. The van der Waals surface area contributed by atoms with E-state index in [0.29, 0.717) is 24.1 Å². The smallest absolute Gasteiger partial charge is 0.306 e. The summed E-state index contributed by atoms with van der Waals surface area (Å²) in [5.74, 6) is 1.86. The standard InChI is InChI=1S/C24H31N3O3/c1-24(2,3)20-14-21(27(26-20)19-7-5-4-6-8-19)25-22(28)15-30-23(29)13-18-12-16-9-10-17(18)11-16/h4-8,14,16-18H,9-13,15H2,1-3H3,(H,25,28)/t16-,17+,18-/m0/s1. The van der Waals surface area contributed by atoms with E-state index in [-0.39, 0.29) is 23.9 Å². The van der Waals surface area contributed by atoms with E-state index in [0.717, 1.165) is 23.7 Å². The topological polar surface area (TPSA) is 73.2 Å². The van der Waals surface area contributed by atoms with Crippen LogP contribution in [0.3, 0.4) is 0 Å². The number of anilines is 1. The molecule has 2 fully saturated rings. The molecule has 0 spiro atoms. The molecule has 2 aliphatic rings. The average Bonchev–Trinajstić information content (AvgIpc) is 3.42. The SMILES string of the molecule is CC(C)(C)c1cc(NC(=O)COC(=O)C[C@@H]2C[C@H]3CC[C@@H]2C3)n(-c2ccccc2)n1. The van der Waals surface area contributed by atoms with Gasteiger partial charge in [0.1, 0.15) is 5.82 Å². The number of hydrogen-bond acceptors (Lipinski definition) is 4. The van der Waals surface area contributed by atoms with Gasteiger partial charge in [0.15, 0.2) is 6.61 Å². The van der Waals surface area contributed by atoms with Crippen molar-refractivity contribution in [3.8, 4) is 5.69 Å². The molecule has 6 nitrogen and oxygen atoms in total. The molecule has 1 aromatic carbocycles. The quantitative estimate of drug-likeness (QED) is 0.714. The first kappa shape index (κ1) is 20.6. The minimum atomic E-state index is -0.353. The Kier molecular flexibility index (Phi) is 5.67. The highest BCUT2D eigenvalue weighted by molar-refractivity contribution is 5.92. The summed E-state index contributed by atoms with van der Waals surface area (Å²) < 4.78 is 7.00. The lowest BCUT2D eigenvalue weighted by molar-refractivity contribution is -0.148. The van der Waals surface area contributed by atoms with Crippen molar-refractivity contribution in [1.82, 2.24) is 9.78 Å². The number of fused-ring (bicyclic) bond motifs is 2. The van der Waals surface area contributed by atoms with E-state index >= 15 is 0 Å². The Morgan fingerprint density at radius 3 is 2.57 bits per heavy atom. The fourth-order valence-electron chi connectivity index (χ4n) is 4.83. The van der Waals surface area contributed by atoms with Gasteiger partial charge in [-0.3, -0.25) is 9.59 Å². The van der Waals surface area contributed by atoms with Gasteiger partial charge in [-0.15, -0.1) is 0 Å². The largest absolute Gasteiger partial charge is 0.456 e. The maximum Gasteiger partial charge on any atom is 0.306 e. The zero-order valence-electron chi connectivity index (χ0n) is 18.1. The Balaban J connectivity index is 1.37. The molecule has 2 aliphatic carbocycles. The monoisotopic (exact) mass is 409 g/mol. The number of amides is 1. The average molecular weight is 410 g/mol. The first-order valence-electron chi connectivity index (χ1n) is 10.9. The van der Waals surface area contributed by atoms with E-state index < -0.39 is 0 Å². The van der Waals surface area contributed by atoms with Crippen molar-refractivity contribution in [3.05, 3.63) is 42.1 Å². The number of nitrogens with zero attached hydrogens (tertiary/aromatic N) is 2. The van der Waals surface area contributed by atoms with Crippen LogP contribution >= 0.6 is 0 Å². The number of aromatic nitrogens is 2. The summed E-state index contributed by atoms with van der Waals surface area (Å²) in [6.07, 6.45) is 5.38. The zero-order valence-corrected chi connectivity index (χ0v) is 18.1. The van der Waals surface area contributed by atoms with E-state index in [4.69, 9.17) is 4.74 Å². The zero-order chi connectivity index (χ0) is 21.3. The summed E-state index contributed by atoms with van der Waals surface area (Å²) in [6.45, 7) is 5.96. The number of para-hydroxylation sites is 1. The highest BCUT2D eigenvalue weighted by Gasteiger charge is 2.40. The molecule has 4 rings (SSSR count). The van der Waals surface area contributed by atoms with Crippen molar-refractivity contribution in [2.75, 3.05) is 11.9 Å². The van der Waals surface area contributed by atoms with Gasteiger partial charge >= 0.3 is 5.97 Å². The first-order chi connectivity index (χ1) is 14.3. The van der Waals surface area contributed by atoms with Gasteiger partial charge in [-0.2, -0.15) is 5.10 Å². The van der Waals surface area contributed by atoms with E-state index in [9.17, 15) is 9.59 Å². The van der Waals surface area contributed by atoms with Crippen LogP contribution in [0, 0.1) is 17.8 Å². The Bertz CT molecular complexity index is 914. The van der Waals surface area contributed by atoms with Crippen LogP contribution in [0.15, 0.2) is 36.4 Å². The van der Waals surface area contributed by atoms with Gasteiger partial charge in [0.2, 0.25) is 0 Å². The Hall–Kier alpha value is -2.63. The summed E-state index contributed by atoms with van der Waals surface area (Å²) in [4.78, 5) is 24.7. The number of hydrogen-bond donors (Lipinski definition) is 1. The van der Waals surface area contributed by atoms with Crippen molar-refractivity contribution in [2.24, 2.45) is 17.8 Å². The van der Waals surface area contributed by atoms with Crippen LogP contribution in [-0.2, 0) is 19.7 Å². The molecule has 0 saturated heterocycles. The lowest BCUT2D eigenvalue weighted by atomic mass is 9.86. The summed E-state index contributed by atoms with van der Waals surface area (Å²) >= 11 is 0. The van der Waals surface area contributed by atoms with Gasteiger partial charge in [-0.05, 0) is 49.1 Å². The minimum absolute atomic E-state index is 0.160. The fraction of sp³-hybridized carbons (Fsp3) is 0.542. The second-order valence-electron chi connectivity index (χ2n) is 9.76. The molecule has 160 valence electrons. The van der Waals surface area contributed by atoms with Crippen LogP contribution in [0.1, 0.15) is 58.6 Å². The Labute approximate surface area is 178 Å². The summed E-state index contributed by atoms with van der Waals surface area (Å²) in [5, 5.41) is 7.55. The highest BCUT2D eigenvalue weighted by atomic mass is 16.5. The third-order valence-electron chi connectivity index (χ3n) is 6.42. The van der Waals surface area contributed by atoms with E-state index in [1.54, 1.807) is 4.68 Å². The molecule has 30 heavy (non-hydrogen) atoms. The third-order valence-corrected chi connectivity index (χ3v) is 6.42. The molecule has 2 saturated carbocycles. The van der Waals surface area contributed by atoms with E-state index in [2.05, 4.69) is 31.2 Å². The maximum absolute atomic E-state index is 12.5. The predicted molar refractivity (Wildman–Crippen MR) is 115 cm³/mol. The second kappa shape index (κ2) is 8.25. The number of rotatable bonds is 6. The van der Waals surface area contributed by atoms with Crippen LogP contribution < -0.4 is 5.32 Å². The molecule has 2 bridgehead atoms. The third kappa shape index (κ3) is 4.58.